The average molecular weight is 504 g/mol. The van der Waals surface area contributed by atoms with Gasteiger partial charge in [0.25, 0.3) is 5.91 Å². The van der Waals surface area contributed by atoms with Crippen LogP contribution in [-0.2, 0) is 6.54 Å². The van der Waals surface area contributed by atoms with Gasteiger partial charge in [-0.15, -0.1) is 0 Å². The number of amides is 1. The van der Waals surface area contributed by atoms with Gasteiger partial charge in [0.1, 0.15) is 5.75 Å². The van der Waals surface area contributed by atoms with Crippen LogP contribution in [0.3, 0.4) is 0 Å². The number of carbonyl (C=O) groups is 1. The van der Waals surface area contributed by atoms with Crippen LogP contribution < -0.4 is 4.74 Å². The summed E-state index contributed by atoms with van der Waals surface area (Å²) < 4.78 is 5.28. The van der Waals surface area contributed by atoms with Gasteiger partial charge in [0, 0.05) is 24.6 Å². The fourth-order valence-corrected chi connectivity index (χ4v) is 4.49. The lowest BCUT2D eigenvalue weighted by atomic mass is 9.88. The summed E-state index contributed by atoms with van der Waals surface area (Å²) in [6.45, 7) is 1.04. The van der Waals surface area contributed by atoms with Gasteiger partial charge in [-0.2, -0.15) is 0 Å². The van der Waals surface area contributed by atoms with E-state index in [0.717, 1.165) is 17.7 Å². The van der Waals surface area contributed by atoms with Gasteiger partial charge in [0.2, 0.25) is 0 Å². The molecule has 4 aromatic rings. The Balaban J connectivity index is 1.62. The van der Waals surface area contributed by atoms with E-state index in [-0.39, 0.29) is 11.8 Å². The fraction of sp³-hybridized carbons (Fsp3) is 0.167. The Morgan fingerprint density at radius 1 is 0.800 bits per heavy atom. The van der Waals surface area contributed by atoms with Crippen molar-refractivity contribution in [3.8, 4) is 5.75 Å². The van der Waals surface area contributed by atoms with E-state index < -0.39 is 0 Å². The molecular formula is C30H27Cl2NO2. The van der Waals surface area contributed by atoms with Gasteiger partial charge in [-0.05, 0) is 53.4 Å². The lowest BCUT2D eigenvalue weighted by Crippen LogP contribution is -2.32. The predicted octanol–water partition coefficient (Wildman–Crippen LogP) is 7.87. The lowest BCUT2D eigenvalue weighted by Gasteiger charge is -2.26. The van der Waals surface area contributed by atoms with Crippen molar-refractivity contribution in [2.24, 2.45) is 0 Å². The molecule has 0 fully saturated rings. The zero-order valence-corrected chi connectivity index (χ0v) is 21.0. The SMILES string of the molecule is COc1ccc(CN(CCC(c2ccccc2)c2ccccc2)C(=O)c2ccc(Cl)c(Cl)c2)cc1. The molecule has 0 N–H and O–H groups in total. The topological polar surface area (TPSA) is 29.5 Å². The highest BCUT2D eigenvalue weighted by molar-refractivity contribution is 6.42. The molecule has 0 aliphatic rings. The normalized spacial score (nSPS) is 10.9. The number of benzene rings is 4. The van der Waals surface area contributed by atoms with Crippen molar-refractivity contribution in [2.75, 3.05) is 13.7 Å². The minimum Gasteiger partial charge on any atom is -0.497 e. The van der Waals surface area contributed by atoms with Gasteiger partial charge in [0.15, 0.2) is 0 Å². The molecule has 4 rings (SSSR count). The maximum Gasteiger partial charge on any atom is 0.254 e. The first-order valence-electron chi connectivity index (χ1n) is 11.5. The molecule has 0 saturated carbocycles. The third-order valence-electron chi connectivity index (χ3n) is 6.08. The van der Waals surface area contributed by atoms with Crippen molar-refractivity contribution >= 4 is 29.1 Å². The minimum absolute atomic E-state index is 0.0840. The molecule has 0 saturated heterocycles. The average Bonchev–Trinajstić information content (AvgIpc) is 2.91. The maximum absolute atomic E-state index is 13.6. The zero-order valence-electron chi connectivity index (χ0n) is 19.5. The monoisotopic (exact) mass is 503 g/mol. The van der Waals surface area contributed by atoms with Crippen LogP contribution in [0.4, 0.5) is 0 Å². The number of nitrogens with zero attached hydrogens (tertiary/aromatic N) is 1. The second-order valence-corrected chi connectivity index (χ2v) is 9.18. The Labute approximate surface area is 216 Å². The van der Waals surface area contributed by atoms with Gasteiger partial charge in [-0.25, -0.2) is 0 Å². The van der Waals surface area contributed by atoms with E-state index in [9.17, 15) is 4.79 Å². The van der Waals surface area contributed by atoms with E-state index in [4.69, 9.17) is 27.9 Å². The van der Waals surface area contributed by atoms with Crippen LogP contribution in [0, 0.1) is 0 Å². The van der Waals surface area contributed by atoms with Crippen molar-refractivity contribution in [3.63, 3.8) is 0 Å². The summed E-state index contributed by atoms with van der Waals surface area (Å²) in [6, 6.07) is 33.7. The molecule has 0 radical (unpaired) electrons. The van der Waals surface area contributed by atoms with Crippen molar-refractivity contribution in [2.45, 2.75) is 18.9 Å². The van der Waals surface area contributed by atoms with Crippen molar-refractivity contribution < 1.29 is 9.53 Å². The van der Waals surface area contributed by atoms with Crippen LogP contribution in [0.5, 0.6) is 5.75 Å². The molecule has 178 valence electrons. The Kier molecular flexibility index (Phi) is 8.46. The number of halogens is 2. The molecule has 0 spiro atoms. The maximum atomic E-state index is 13.6. The third kappa shape index (κ3) is 6.45. The molecule has 0 bridgehead atoms. The summed E-state index contributed by atoms with van der Waals surface area (Å²) in [5.41, 5.74) is 3.99. The second kappa shape index (κ2) is 11.9. The van der Waals surface area contributed by atoms with Crippen molar-refractivity contribution in [1.82, 2.24) is 4.90 Å². The van der Waals surface area contributed by atoms with E-state index in [1.165, 1.54) is 11.1 Å². The van der Waals surface area contributed by atoms with Crippen LogP contribution in [0.2, 0.25) is 10.0 Å². The van der Waals surface area contributed by atoms with E-state index in [2.05, 4.69) is 48.5 Å². The third-order valence-corrected chi connectivity index (χ3v) is 6.82. The number of hydrogen-bond donors (Lipinski definition) is 0. The minimum atomic E-state index is -0.0840. The first-order valence-corrected chi connectivity index (χ1v) is 12.3. The number of ether oxygens (including phenoxy) is 1. The van der Waals surface area contributed by atoms with Crippen LogP contribution in [0.25, 0.3) is 0 Å². The van der Waals surface area contributed by atoms with Gasteiger partial charge in [0.05, 0.1) is 17.2 Å². The molecule has 4 aromatic carbocycles. The van der Waals surface area contributed by atoms with Gasteiger partial charge in [-0.1, -0.05) is 96.0 Å². The fourth-order valence-electron chi connectivity index (χ4n) is 4.20. The molecule has 0 unspecified atom stereocenters. The van der Waals surface area contributed by atoms with Gasteiger partial charge in [-0.3, -0.25) is 4.79 Å². The Hall–Kier alpha value is -3.27. The van der Waals surface area contributed by atoms with Crippen LogP contribution >= 0.6 is 23.2 Å². The van der Waals surface area contributed by atoms with E-state index >= 15 is 0 Å². The largest absolute Gasteiger partial charge is 0.497 e. The summed E-state index contributed by atoms with van der Waals surface area (Å²) in [5, 5.41) is 0.798. The second-order valence-electron chi connectivity index (χ2n) is 8.37. The standard InChI is InChI=1S/C30H27Cl2NO2/c1-35-26-15-12-22(13-16-26)21-33(30(34)25-14-17-28(31)29(32)20-25)19-18-27(23-8-4-2-5-9-23)24-10-6-3-7-11-24/h2-17,20,27H,18-19,21H2,1H3. The molecular weight excluding hydrogens is 477 g/mol. The zero-order chi connectivity index (χ0) is 24.6. The Morgan fingerprint density at radius 3 is 1.94 bits per heavy atom. The molecule has 1 amide bonds. The number of rotatable bonds is 9. The highest BCUT2D eigenvalue weighted by atomic mass is 35.5. The lowest BCUT2D eigenvalue weighted by molar-refractivity contribution is 0.0739. The molecule has 35 heavy (non-hydrogen) atoms. The first kappa shape index (κ1) is 24.8. The Morgan fingerprint density at radius 2 is 1.40 bits per heavy atom. The molecule has 3 nitrogen and oxygen atoms in total. The molecule has 0 heterocycles. The summed E-state index contributed by atoms with van der Waals surface area (Å²) in [6.07, 6.45) is 0.775. The highest BCUT2D eigenvalue weighted by Gasteiger charge is 2.21. The summed E-state index contributed by atoms with van der Waals surface area (Å²) in [4.78, 5) is 15.5. The van der Waals surface area contributed by atoms with Crippen LogP contribution in [-0.4, -0.2) is 24.5 Å². The highest BCUT2D eigenvalue weighted by Crippen LogP contribution is 2.29. The van der Waals surface area contributed by atoms with Crippen molar-refractivity contribution in [3.05, 3.63) is 135 Å². The van der Waals surface area contributed by atoms with E-state index in [1.54, 1.807) is 25.3 Å². The Bertz CT molecular complexity index is 1210. The number of carbonyl (C=O) groups excluding carboxylic acids is 1. The predicted molar refractivity (Wildman–Crippen MR) is 144 cm³/mol. The van der Waals surface area contributed by atoms with Crippen LogP contribution in [0.15, 0.2) is 103 Å². The van der Waals surface area contributed by atoms with E-state index in [1.807, 2.05) is 41.3 Å². The smallest absolute Gasteiger partial charge is 0.254 e. The summed E-state index contributed by atoms with van der Waals surface area (Å²) in [5.74, 6) is 0.862. The quantitative estimate of drug-likeness (QED) is 0.232. The molecule has 0 aliphatic heterocycles. The number of methoxy groups -OCH3 is 1. The van der Waals surface area contributed by atoms with E-state index in [0.29, 0.717) is 28.7 Å². The summed E-state index contributed by atoms with van der Waals surface area (Å²) in [7, 11) is 1.64. The van der Waals surface area contributed by atoms with Gasteiger partial charge >= 0.3 is 0 Å². The first-order chi connectivity index (χ1) is 17.0. The molecule has 0 aromatic heterocycles. The van der Waals surface area contributed by atoms with Crippen molar-refractivity contribution in [1.29, 1.82) is 0 Å². The van der Waals surface area contributed by atoms with Gasteiger partial charge < -0.3 is 9.64 Å². The summed E-state index contributed by atoms with van der Waals surface area (Å²) >= 11 is 12.3. The van der Waals surface area contributed by atoms with Crippen LogP contribution in [0.1, 0.15) is 39.4 Å². The molecule has 5 heteroatoms. The number of hydrogen-bond acceptors (Lipinski definition) is 2. The molecule has 0 aliphatic carbocycles. The molecule has 0 atom stereocenters.